The zero-order valence-corrected chi connectivity index (χ0v) is 12.4. The minimum absolute atomic E-state index is 0.442. The molecule has 0 bridgehead atoms. The number of hydrogen-bond acceptors (Lipinski definition) is 3. The number of hydrogen-bond donors (Lipinski definition) is 1. The van der Waals surface area contributed by atoms with Crippen molar-refractivity contribution < 1.29 is 0 Å². The molecule has 3 heteroatoms. The van der Waals surface area contributed by atoms with Crippen LogP contribution in [0.25, 0.3) is 0 Å². The average Bonchev–Trinajstić information content (AvgIpc) is 2.30. The lowest BCUT2D eigenvalue weighted by molar-refractivity contribution is 0.0493. The maximum absolute atomic E-state index is 6.06. The third-order valence-electron chi connectivity index (χ3n) is 4.62. The summed E-state index contributed by atoms with van der Waals surface area (Å²) in [5, 5.41) is 0. The Morgan fingerprint density at radius 3 is 2.33 bits per heavy atom. The second-order valence-corrected chi connectivity index (χ2v) is 6.80. The molecular weight excluding hydrogens is 222 g/mol. The fraction of sp³-hybridized carbons (Fsp3) is 1.00. The van der Waals surface area contributed by atoms with Gasteiger partial charge in [0.2, 0.25) is 0 Å². The second-order valence-electron chi connectivity index (χ2n) is 6.80. The fourth-order valence-corrected chi connectivity index (χ4v) is 3.72. The summed E-state index contributed by atoms with van der Waals surface area (Å²) in [6, 6.07) is 1.95. The van der Waals surface area contributed by atoms with Gasteiger partial charge in [-0.15, -0.1) is 0 Å². The molecule has 106 valence electrons. The van der Waals surface area contributed by atoms with Crippen molar-refractivity contribution in [1.29, 1.82) is 0 Å². The monoisotopic (exact) mass is 253 g/mol. The van der Waals surface area contributed by atoms with Gasteiger partial charge >= 0.3 is 0 Å². The first-order valence-electron chi connectivity index (χ1n) is 7.80. The number of rotatable bonds is 3. The molecule has 2 saturated heterocycles. The van der Waals surface area contributed by atoms with Crippen molar-refractivity contribution in [3.63, 3.8) is 0 Å². The van der Waals surface area contributed by atoms with Crippen molar-refractivity contribution in [3.05, 3.63) is 0 Å². The van der Waals surface area contributed by atoms with Crippen LogP contribution in [0.1, 0.15) is 46.5 Å². The molecule has 0 spiro atoms. The van der Waals surface area contributed by atoms with Crippen LogP contribution in [0.5, 0.6) is 0 Å². The van der Waals surface area contributed by atoms with Crippen molar-refractivity contribution in [2.75, 3.05) is 26.2 Å². The molecule has 0 aromatic rings. The van der Waals surface area contributed by atoms with E-state index in [9.17, 15) is 0 Å². The Balaban J connectivity index is 1.79. The highest BCUT2D eigenvalue weighted by Gasteiger charge is 2.31. The van der Waals surface area contributed by atoms with Crippen LogP contribution in [0.15, 0.2) is 0 Å². The smallest absolute Gasteiger partial charge is 0.0122 e. The van der Waals surface area contributed by atoms with E-state index in [4.69, 9.17) is 5.73 Å². The maximum Gasteiger partial charge on any atom is 0.0122 e. The Bertz CT molecular complexity index is 246. The summed E-state index contributed by atoms with van der Waals surface area (Å²) < 4.78 is 0. The van der Waals surface area contributed by atoms with Gasteiger partial charge in [-0.05, 0) is 51.6 Å². The first-order chi connectivity index (χ1) is 8.56. The lowest BCUT2D eigenvalue weighted by Gasteiger charge is -2.45. The molecule has 0 aromatic heterocycles. The molecule has 2 atom stereocenters. The minimum atomic E-state index is 0.442. The van der Waals surface area contributed by atoms with Gasteiger partial charge in [-0.25, -0.2) is 0 Å². The molecule has 2 aliphatic rings. The van der Waals surface area contributed by atoms with Gasteiger partial charge in [-0.3, -0.25) is 4.90 Å². The summed E-state index contributed by atoms with van der Waals surface area (Å²) in [4.78, 5) is 5.37. The summed E-state index contributed by atoms with van der Waals surface area (Å²) >= 11 is 0. The zero-order valence-electron chi connectivity index (χ0n) is 12.4. The number of likely N-dealkylation sites (tertiary alicyclic amines) is 2. The Morgan fingerprint density at radius 2 is 1.78 bits per heavy atom. The topological polar surface area (TPSA) is 32.5 Å². The van der Waals surface area contributed by atoms with Gasteiger partial charge in [0.15, 0.2) is 0 Å². The van der Waals surface area contributed by atoms with Crippen LogP contribution in [0.4, 0.5) is 0 Å². The molecule has 2 heterocycles. The molecule has 2 aliphatic heterocycles. The zero-order chi connectivity index (χ0) is 13.1. The van der Waals surface area contributed by atoms with E-state index < -0.39 is 0 Å². The predicted octanol–water partition coefficient (Wildman–Crippen LogP) is 1.92. The number of nitrogens with two attached hydrogens (primary N) is 1. The molecule has 3 nitrogen and oxygen atoms in total. The molecule has 0 amide bonds. The van der Waals surface area contributed by atoms with Crippen molar-refractivity contribution in [1.82, 2.24) is 9.80 Å². The Hall–Kier alpha value is -0.120. The van der Waals surface area contributed by atoms with Crippen molar-refractivity contribution in [3.8, 4) is 0 Å². The second kappa shape index (κ2) is 6.36. The van der Waals surface area contributed by atoms with Crippen LogP contribution in [0.3, 0.4) is 0 Å². The molecule has 2 fully saturated rings. The van der Waals surface area contributed by atoms with E-state index in [2.05, 4.69) is 30.6 Å². The Morgan fingerprint density at radius 1 is 1.11 bits per heavy atom. The van der Waals surface area contributed by atoms with Gasteiger partial charge in [-0.2, -0.15) is 0 Å². The van der Waals surface area contributed by atoms with Crippen molar-refractivity contribution >= 4 is 0 Å². The quantitative estimate of drug-likeness (QED) is 0.834. The highest BCUT2D eigenvalue weighted by Crippen LogP contribution is 2.24. The highest BCUT2D eigenvalue weighted by atomic mass is 15.2. The largest absolute Gasteiger partial charge is 0.328 e. The number of nitrogens with zero attached hydrogens (tertiary/aromatic N) is 2. The summed E-state index contributed by atoms with van der Waals surface area (Å²) in [6.45, 7) is 12.1. The van der Waals surface area contributed by atoms with E-state index in [0.717, 1.165) is 12.0 Å². The minimum Gasteiger partial charge on any atom is -0.328 e. The normalized spacial score (nSPS) is 33.2. The standard InChI is InChI=1S/C15H31N3/c1-12(2)11-17-7-5-15(6-8-17)18-9-4-14(16)10-13(18)3/h12-15H,4-11,16H2,1-3H3. The van der Waals surface area contributed by atoms with Crippen molar-refractivity contribution in [2.45, 2.75) is 64.6 Å². The molecular formula is C15H31N3. The van der Waals surface area contributed by atoms with Crippen LogP contribution in [0, 0.1) is 5.92 Å². The Kier molecular flexibility index (Phi) is 5.05. The lowest BCUT2D eigenvalue weighted by Crippen LogP contribution is -2.53. The third kappa shape index (κ3) is 3.69. The average molecular weight is 253 g/mol. The van der Waals surface area contributed by atoms with E-state index in [-0.39, 0.29) is 0 Å². The van der Waals surface area contributed by atoms with Crippen LogP contribution in [-0.4, -0.2) is 54.1 Å². The van der Waals surface area contributed by atoms with Crippen molar-refractivity contribution in [2.24, 2.45) is 11.7 Å². The van der Waals surface area contributed by atoms with E-state index >= 15 is 0 Å². The van der Waals surface area contributed by atoms with E-state index in [0.29, 0.717) is 12.1 Å². The van der Waals surface area contributed by atoms with Crippen LogP contribution in [0.2, 0.25) is 0 Å². The molecule has 0 saturated carbocycles. The van der Waals surface area contributed by atoms with Gasteiger partial charge in [0.1, 0.15) is 0 Å². The number of piperidine rings is 2. The first kappa shape index (κ1) is 14.3. The molecule has 2 N–H and O–H groups in total. The van der Waals surface area contributed by atoms with Gasteiger partial charge in [0.05, 0.1) is 0 Å². The maximum atomic E-state index is 6.06. The van der Waals surface area contributed by atoms with Gasteiger partial charge in [-0.1, -0.05) is 13.8 Å². The fourth-order valence-electron chi connectivity index (χ4n) is 3.72. The third-order valence-corrected chi connectivity index (χ3v) is 4.62. The van der Waals surface area contributed by atoms with Crippen LogP contribution >= 0.6 is 0 Å². The Labute approximate surface area is 113 Å². The molecule has 18 heavy (non-hydrogen) atoms. The summed E-state index contributed by atoms with van der Waals surface area (Å²) in [5.41, 5.74) is 6.06. The molecule has 2 unspecified atom stereocenters. The van der Waals surface area contributed by atoms with Crippen LogP contribution < -0.4 is 5.73 Å². The molecule has 2 rings (SSSR count). The summed E-state index contributed by atoms with van der Waals surface area (Å²) in [7, 11) is 0. The van der Waals surface area contributed by atoms with E-state index in [1.807, 2.05) is 0 Å². The van der Waals surface area contributed by atoms with Gasteiger partial charge in [0, 0.05) is 31.2 Å². The molecule has 0 aromatic carbocycles. The molecule has 0 aliphatic carbocycles. The van der Waals surface area contributed by atoms with E-state index in [1.165, 1.54) is 51.9 Å². The van der Waals surface area contributed by atoms with E-state index in [1.54, 1.807) is 0 Å². The predicted molar refractivity (Wildman–Crippen MR) is 77.7 cm³/mol. The summed E-state index contributed by atoms with van der Waals surface area (Å²) in [6.07, 6.45) is 5.08. The summed E-state index contributed by atoms with van der Waals surface area (Å²) in [5.74, 6) is 0.799. The van der Waals surface area contributed by atoms with Gasteiger partial charge < -0.3 is 10.6 Å². The lowest BCUT2D eigenvalue weighted by atomic mass is 9.93. The van der Waals surface area contributed by atoms with Crippen LogP contribution in [-0.2, 0) is 0 Å². The highest BCUT2D eigenvalue weighted by molar-refractivity contribution is 4.88. The van der Waals surface area contributed by atoms with Gasteiger partial charge in [0.25, 0.3) is 0 Å². The molecule has 0 radical (unpaired) electrons. The first-order valence-corrected chi connectivity index (χ1v) is 7.80. The SMILES string of the molecule is CC(C)CN1CCC(N2CCC(N)CC2C)CC1.